The number of hydrogen-bond donors (Lipinski definition) is 0. The topological polar surface area (TPSA) is 64.3 Å². The molecule has 12 heavy (non-hydrogen) atoms. The molecule has 0 unspecified atom stereocenters. The Morgan fingerprint density at radius 2 is 2.25 bits per heavy atom. The predicted octanol–water partition coefficient (Wildman–Crippen LogP) is 1.16. The van der Waals surface area contributed by atoms with Crippen molar-refractivity contribution in [3.63, 3.8) is 0 Å². The molecule has 0 aliphatic heterocycles. The number of hydrogen-bond acceptors (Lipinski definition) is 4. The van der Waals surface area contributed by atoms with Crippen LogP contribution in [0.25, 0.3) is 0 Å². The molecule has 66 valence electrons. The van der Waals surface area contributed by atoms with Crippen molar-refractivity contribution in [1.29, 1.82) is 0 Å². The summed E-state index contributed by atoms with van der Waals surface area (Å²) in [5.41, 5.74) is 0. The smallest absolute Gasteiger partial charge is 0.268 e. The van der Waals surface area contributed by atoms with Crippen LogP contribution in [0.5, 0.6) is 0 Å². The fraction of sp³-hybridized carbons (Fsp3) is 0.500. The summed E-state index contributed by atoms with van der Waals surface area (Å²) in [5, 5.41) is 3.91. The lowest BCUT2D eigenvalue weighted by molar-refractivity contribution is 0.533. The van der Waals surface area contributed by atoms with Crippen molar-refractivity contribution in [1.82, 2.24) is 9.78 Å². The highest BCUT2D eigenvalue weighted by molar-refractivity contribution is 7.61. The van der Waals surface area contributed by atoms with Gasteiger partial charge in [0.05, 0.1) is 0 Å². The van der Waals surface area contributed by atoms with Gasteiger partial charge in [0.2, 0.25) is 0 Å². The van der Waals surface area contributed by atoms with E-state index in [0.29, 0.717) is 0 Å². The Kier molecular flexibility index (Phi) is 2.59. The molecule has 0 bridgehead atoms. The van der Waals surface area contributed by atoms with Crippen molar-refractivity contribution in [2.24, 2.45) is 4.36 Å². The maximum absolute atomic E-state index is 10.1. The van der Waals surface area contributed by atoms with Crippen molar-refractivity contribution in [3.05, 3.63) is 12.3 Å². The highest BCUT2D eigenvalue weighted by atomic mass is 32.2. The largest absolute Gasteiger partial charge is 0.317 e. The van der Waals surface area contributed by atoms with Crippen LogP contribution in [0, 0.1) is 0 Å². The van der Waals surface area contributed by atoms with Crippen LogP contribution in [0.3, 0.4) is 0 Å². The third kappa shape index (κ3) is 2.16. The quantitative estimate of drug-likeness (QED) is 0.697. The molecule has 1 aromatic rings. The zero-order valence-electron chi connectivity index (χ0n) is 6.80. The summed E-state index contributed by atoms with van der Waals surface area (Å²) in [6, 6.07) is 1.77. The Balaban J connectivity index is 3.00. The van der Waals surface area contributed by atoms with Crippen LogP contribution in [-0.2, 0) is 10.5 Å². The molecule has 1 heterocycles. The zero-order valence-corrected chi connectivity index (χ0v) is 7.61. The van der Waals surface area contributed by atoms with E-state index in [1.54, 1.807) is 16.9 Å². The second-order valence-electron chi connectivity index (χ2n) is 2.56. The molecule has 0 fully saturated rings. The molecule has 6 heteroatoms. The monoisotopic (exact) mass is 187 g/mol. The van der Waals surface area contributed by atoms with E-state index in [1.165, 1.54) is 0 Å². The second kappa shape index (κ2) is 3.48. The first kappa shape index (κ1) is 8.92. The summed E-state index contributed by atoms with van der Waals surface area (Å²) in [7, 11) is -2.42. The fourth-order valence-corrected chi connectivity index (χ4v) is 0.991. The summed E-state index contributed by atoms with van der Waals surface area (Å²) < 4.78 is 25.2. The molecule has 0 radical (unpaired) electrons. The van der Waals surface area contributed by atoms with Crippen molar-refractivity contribution < 1.29 is 8.42 Å². The standard InChI is InChI=1S/C6H9N3O2S/c1-5(2)9-4-3-6(7-9)8-12(10)11/h3-5H,1-2H3. The SMILES string of the molecule is CC(C)n1ccc(N=S(=O)=O)n1. The fourth-order valence-electron chi connectivity index (χ4n) is 0.741. The lowest BCUT2D eigenvalue weighted by atomic mass is 10.4. The lowest BCUT2D eigenvalue weighted by Gasteiger charge is -2.01. The van der Waals surface area contributed by atoms with Gasteiger partial charge in [-0.3, -0.25) is 4.68 Å². The van der Waals surface area contributed by atoms with Crippen molar-refractivity contribution in [2.45, 2.75) is 19.9 Å². The summed E-state index contributed by atoms with van der Waals surface area (Å²) in [6.07, 6.45) is 1.69. The van der Waals surface area contributed by atoms with Crippen molar-refractivity contribution >= 4 is 16.3 Å². The van der Waals surface area contributed by atoms with Crippen LogP contribution in [0.1, 0.15) is 19.9 Å². The first-order valence-electron chi connectivity index (χ1n) is 3.46. The van der Waals surface area contributed by atoms with E-state index in [1.807, 2.05) is 13.8 Å². The predicted molar refractivity (Wildman–Crippen MR) is 43.6 cm³/mol. The average molecular weight is 187 g/mol. The Bertz CT molecular complexity index is 383. The first-order chi connectivity index (χ1) is 5.59. The molecule has 0 atom stereocenters. The van der Waals surface area contributed by atoms with E-state index < -0.39 is 10.5 Å². The van der Waals surface area contributed by atoms with Crippen molar-refractivity contribution in [2.75, 3.05) is 0 Å². The Labute approximate surface area is 71.7 Å². The third-order valence-electron chi connectivity index (χ3n) is 1.29. The van der Waals surface area contributed by atoms with Crippen molar-refractivity contribution in [3.8, 4) is 0 Å². The van der Waals surface area contributed by atoms with Gasteiger partial charge in [-0.05, 0) is 13.8 Å². The lowest BCUT2D eigenvalue weighted by Crippen LogP contribution is -1.99. The number of aromatic nitrogens is 2. The summed E-state index contributed by atoms with van der Waals surface area (Å²) in [5.74, 6) is 0.219. The molecule has 0 spiro atoms. The molecule has 5 nitrogen and oxygen atoms in total. The Morgan fingerprint density at radius 1 is 1.58 bits per heavy atom. The van der Waals surface area contributed by atoms with Crippen LogP contribution in [-0.4, -0.2) is 18.2 Å². The molecule has 0 aliphatic rings. The maximum atomic E-state index is 10.1. The van der Waals surface area contributed by atoms with E-state index in [-0.39, 0.29) is 11.9 Å². The van der Waals surface area contributed by atoms with Gasteiger partial charge in [-0.2, -0.15) is 13.5 Å². The van der Waals surface area contributed by atoms with Crippen LogP contribution in [0.4, 0.5) is 5.82 Å². The van der Waals surface area contributed by atoms with Gasteiger partial charge in [0.25, 0.3) is 0 Å². The first-order valence-corrected chi connectivity index (χ1v) is 4.49. The van der Waals surface area contributed by atoms with E-state index in [9.17, 15) is 8.42 Å². The molecule has 1 aromatic heterocycles. The van der Waals surface area contributed by atoms with Crippen LogP contribution in [0.2, 0.25) is 0 Å². The van der Waals surface area contributed by atoms with E-state index >= 15 is 0 Å². The summed E-state index contributed by atoms with van der Waals surface area (Å²) >= 11 is 0. The molecule has 0 aromatic carbocycles. The third-order valence-corrected chi connectivity index (χ3v) is 1.63. The average Bonchev–Trinajstić information content (AvgIpc) is 2.34. The summed E-state index contributed by atoms with van der Waals surface area (Å²) in [6.45, 7) is 3.90. The van der Waals surface area contributed by atoms with Gasteiger partial charge in [0.15, 0.2) is 5.82 Å². The minimum absolute atomic E-state index is 0.217. The normalized spacial score (nSPS) is 10.2. The molecule has 0 amide bonds. The minimum atomic E-state index is -2.42. The van der Waals surface area contributed by atoms with E-state index in [0.717, 1.165) is 0 Å². The van der Waals surface area contributed by atoms with Gasteiger partial charge in [-0.25, -0.2) is 0 Å². The second-order valence-corrected chi connectivity index (χ2v) is 3.17. The molecule has 0 saturated carbocycles. The highest BCUT2D eigenvalue weighted by Gasteiger charge is 1.99. The molecular weight excluding hydrogens is 178 g/mol. The van der Waals surface area contributed by atoms with Gasteiger partial charge in [0.1, 0.15) is 0 Å². The Hall–Kier alpha value is -1.17. The zero-order chi connectivity index (χ0) is 9.14. The van der Waals surface area contributed by atoms with Gasteiger partial charge < -0.3 is 0 Å². The number of nitrogens with zero attached hydrogens (tertiary/aromatic N) is 3. The minimum Gasteiger partial charge on any atom is -0.268 e. The molecule has 1 rings (SSSR count). The molecule has 0 N–H and O–H groups in total. The van der Waals surface area contributed by atoms with Gasteiger partial charge in [-0.1, -0.05) is 0 Å². The van der Waals surface area contributed by atoms with Gasteiger partial charge >= 0.3 is 10.5 Å². The molecule has 0 aliphatic carbocycles. The Morgan fingerprint density at radius 3 is 2.67 bits per heavy atom. The highest BCUT2D eigenvalue weighted by Crippen LogP contribution is 2.10. The molecule has 0 saturated heterocycles. The maximum Gasteiger partial charge on any atom is 0.317 e. The van der Waals surface area contributed by atoms with Crippen LogP contribution in [0.15, 0.2) is 16.6 Å². The van der Waals surface area contributed by atoms with Gasteiger partial charge in [-0.15, -0.1) is 4.36 Å². The van der Waals surface area contributed by atoms with E-state index in [2.05, 4.69) is 9.46 Å². The van der Waals surface area contributed by atoms with Crippen LogP contribution < -0.4 is 0 Å². The number of rotatable bonds is 2. The van der Waals surface area contributed by atoms with Crippen LogP contribution >= 0.6 is 0 Å². The van der Waals surface area contributed by atoms with Gasteiger partial charge in [0, 0.05) is 18.3 Å². The van der Waals surface area contributed by atoms with E-state index in [4.69, 9.17) is 0 Å². The molecular formula is C6H9N3O2S. The summed E-state index contributed by atoms with van der Waals surface area (Å²) in [4.78, 5) is 0.